The zero-order valence-corrected chi connectivity index (χ0v) is 14.2. The SMILES string of the molecule is COc1ccc2[nH]nc(OCCOc3c(F)cc(F)cc3Br)c2c1. The second-order valence-corrected chi connectivity index (χ2v) is 5.69. The Balaban J connectivity index is 1.63. The Morgan fingerprint density at radius 1 is 1.12 bits per heavy atom. The summed E-state index contributed by atoms with van der Waals surface area (Å²) in [5, 5.41) is 7.68. The zero-order chi connectivity index (χ0) is 17.1. The van der Waals surface area contributed by atoms with Crippen LogP contribution in [0.25, 0.3) is 10.9 Å². The van der Waals surface area contributed by atoms with Crippen molar-refractivity contribution in [2.45, 2.75) is 0 Å². The molecule has 0 atom stereocenters. The van der Waals surface area contributed by atoms with Crippen LogP contribution in [-0.2, 0) is 0 Å². The van der Waals surface area contributed by atoms with E-state index in [1.54, 1.807) is 13.2 Å². The first-order valence-electron chi connectivity index (χ1n) is 7.00. The number of ether oxygens (including phenoxy) is 3. The molecule has 0 aliphatic heterocycles. The van der Waals surface area contributed by atoms with Gasteiger partial charge in [-0.1, -0.05) is 0 Å². The van der Waals surface area contributed by atoms with Gasteiger partial charge in [0.05, 0.1) is 22.5 Å². The number of H-pyrrole nitrogens is 1. The van der Waals surface area contributed by atoms with E-state index < -0.39 is 11.6 Å². The molecule has 24 heavy (non-hydrogen) atoms. The molecule has 0 amide bonds. The maximum Gasteiger partial charge on any atom is 0.240 e. The Labute approximate surface area is 144 Å². The monoisotopic (exact) mass is 398 g/mol. The van der Waals surface area contributed by atoms with Crippen molar-refractivity contribution in [3.8, 4) is 17.4 Å². The fourth-order valence-corrected chi connectivity index (χ4v) is 2.68. The zero-order valence-electron chi connectivity index (χ0n) is 12.6. The molecule has 0 radical (unpaired) electrons. The van der Waals surface area contributed by atoms with Crippen molar-refractivity contribution in [1.29, 1.82) is 0 Å². The molecule has 126 valence electrons. The molecule has 5 nitrogen and oxygen atoms in total. The first kappa shape index (κ1) is 16.5. The van der Waals surface area contributed by atoms with Gasteiger partial charge in [-0.05, 0) is 40.2 Å². The maximum absolute atomic E-state index is 13.6. The van der Waals surface area contributed by atoms with E-state index in [1.807, 2.05) is 12.1 Å². The average Bonchev–Trinajstić information content (AvgIpc) is 2.95. The number of halogens is 3. The van der Waals surface area contributed by atoms with Crippen LogP contribution in [0, 0.1) is 11.6 Å². The Kier molecular flexibility index (Phi) is 4.84. The number of aromatic amines is 1. The molecule has 0 spiro atoms. The standard InChI is InChI=1S/C16H13BrF2N2O3/c1-22-10-2-3-14-11(8-10)16(21-20-14)24-5-4-23-15-12(17)6-9(18)7-13(15)19/h2-3,6-8H,4-5H2,1H3,(H,20,21). The fourth-order valence-electron chi connectivity index (χ4n) is 2.15. The second-order valence-electron chi connectivity index (χ2n) is 4.84. The molecule has 8 heteroatoms. The van der Waals surface area contributed by atoms with Crippen LogP contribution in [0.4, 0.5) is 8.78 Å². The minimum absolute atomic E-state index is 0.0615. The van der Waals surface area contributed by atoms with Gasteiger partial charge in [-0.2, -0.15) is 0 Å². The lowest BCUT2D eigenvalue weighted by Crippen LogP contribution is -2.10. The van der Waals surface area contributed by atoms with Gasteiger partial charge in [0.2, 0.25) is 5.88 Å². The van der Waals surface area contributed by atoms with Crippen LogP contribution >= 0.6 is 15.9 Å². The number of aromatic nitrogens is 2. The molecule has 0 aliphatic rings. The third kappa shape index (κ3) is 3.43. The number of hydrogen-bond donors (Lipinski definition) is 1. The molecular formula is C16H13BrF2N2O3. The van der Waals surface area contributed by atoms with Crippen LogP contribution < -0.4 is 14.2 Å². The number of nitrogens with zero attached hydrogens (tertiary/aromatic N) is 1. The summed E-state index contributed by atoms with van der Waals surface area (Å²) in [5.74, 6) is -0.446. The van der Waals surface area contributed by atoms with E-state index in [1.165, 1.54) is 0 Å². The van der Waals surface area contributed by atoms with Gasteiger partial charge in [-0.3, -0.25) is 5.10 Å². The largest absolute Gasteiger partial charge is 0.497 e. The quantitative estimate of drug-likeness (QED) is 0.635. The van der Waals surface area contributed by atoms with E-state index >= 15 is 0 Å². The summed E-state index contributed by atoms with van der Waals surface area (Å²) < 4.78 is 42.9. The normalized spacial score (nSPS) is 10.8. The Bertz CT molecular complexity index is 847. The Morgan fingerprint density at radius 3 is 2.67 bits per heavy atom. The average molecular weight is 399 g/mol. The van der Waals surface area contributed by atoms with E-state index in [0.29, 0.717) is 11.6 Å². The number of benzene rings is 2. The predicted octanol–water partition coefficient (Wildman–Crippen LogP) is 4.07. The van der Waals surface area contributed by atoms with Crippen molar-refractivity contribution in [2.24, 2.45) is 0 Å². The summed E-state index contributed by atoms with van der Waals surface area (Å²) in [5.41, 5.74) is 0.805. The third-order valence-corrected chi connectivity index (χ3v) is 3.86. The minimum Gasteiger partial charge on any atom is -0.497 e. The van der Waals surface area contributed by atoms with Crippen LogP contribution in [0.2, 0.25) is 0 Å². The highest BCUT2D eigenvalue weighted by Gasteiger charge is 2.12. The highest BCUT2D eigenvalue weighted by Crippen LogP contribution is 2.29. The molecule has 0 saturated heterocycles. The predicted molar refractivity (Wildman–Crippen MR) is 87.7 cm³/mol. The van der Waals surface area contributed by atoms with Crippen molar-refractivity contribution in [3.63, 3.8) is 0 Å². The van der Waals surface area contributed by atoms with Crippen LogP contribution in [0.1, 0.15) is 0 Å². The first-order valence-corrected chi connectivity index (χ1v) is 7.80. The van der Waals surface area contributed by atoms with Crippen molar-refractivity contribution >= 4 is 26.8 Å². The maximum atomic E-state index is 13.6. The van der Waals surface area contributed by atoms with Crippen molar-refractivity contribution < 1.29 is 23.0 Å². The van der Waals surface area contributed by atoms with Gasteiger partial charge < -0.3 is 14.2 Å². The molecular weight excluding hydrogens is 386 g/mol. The van der Waals surface area contributed by atoms with Gasteiger partial charge in [0, 0.05) is 6.07 Å². The summed E-state index contributed by atoms with van der Waals surface area (Å²) in [4.78, 5) is 0. The molecule has 2 aromatic carbocycles. The van der Waals surface area contributed by atoms with Crippen LogP contribution in [0.3, 0.4) is 0 Å². The van der Waals surface area contributed by atoms with Gasteiger partial charge in [-0.25, -0.2) is 8.78 Å². The van der Waals surface area contributed by atoms with E-state index in [2.05, 4.69) is 26.1 Å². The molecule has 0 unspecified atom stereocenters. The van der Waals surface area contributed by atoms with E-state index in [0.717, 1.165) is 23.0 Å². The van der Waals surface area contributed by atoms with E-state index in [4.69, 9.17) is 14.2 Å². The molecule has 1 heterocycles. The number of rotatable bonds is 6. The number of hydrogen-bond acceptors (Lipinski definition) is 4. The summed E-state index contributed by atoms with van der Waals surface area (Å²) in [7, 11) is 1.57. The molecule has 3 rings (SSSR count). The van der Waals surface area contributed by atoms with Crippen molar-refractivity contribution in [1.82, 2.24) is 10.2 Å². The second kappa shape index (κ2) is 7.04. The number of nitrogens with one attached hydrogen (secondary N) is 1. The molecule has 0 bridgehead atoms. The summed E-state index contributed by atoms with van der Waals surface area (Å²) in [6, 6.07) is 7.32. The highest BCUT2D eigenvalue weighted by atomic mass is 79.9. The summed E-state index contributed by atoms with van der Waals surface area (Å²) in [6.07, 6.45) is 0. The lowest BCUT2D eigenvalue weighted by atomic mass is 10.2. The molecule has 1 aromatic heterocycles. The summed E-state index contributed by atoms with van der Waals surface area (Å²) >= 11 is 3.06. The summed E-state index contributed by atoms with van der Waals surface area (Å²) in [6.45, 7) is 0.208. The lowest BCUT2D eigenvalue weighted by Gasteiger charge is -2.09. The Morgan fingerprint density at radius 2 is 1.92 bits per heavy atom. The molecule has 0 aliphatic carbocycles. The Hall–Kier alpha value is -2.35. The fraction of sp³-hybridized carbons (Fsp3) is 0.188. The van der Waals surface area contributed by atoms with Crippen molar-refractivity contribution in [2.75, 3.05) is 20.3 Å². The van der Waals surface area contributed by atoms with Crippen molar-refractivity contribution in [3.05, 3.63) is 46.4 Å². The lowest BCUT2D eigenvalue weighted by molar-refractivity contribution is 0.207. The smallest absolute Gasteiger partial charge is 0.240 e. The van der Waals surface area contributed by atoms with Gasteiger partial charge >= 0.3 is 0 Å². The van der Waals surface area contributed by atoms with Gasteiger partial charge in [-0.15, -0.1) is 5.10 Å². The van der Waals surface area contributed by atoms with E-state index in [9.17, 15) is 8.78 Å². The molecule has 1 N–H and O–H groups in total. The van der Waals surface area contributed by atoms with Crippen LogP contribution in [0.5, 0.6) is 17.4 Å². The topological polar surface area (TPSA) is 56.4 Å². The molecule has 0 fully saturated rings. The van der Waals surface area contributed by atoms with E-state index in [-0.39, 0.29) is 23.4 Å². The first-order chi connectivity index (χ1) is 11.6. The van der Waals surface area contributed by atoms with Gasteiger partial charge in [0.1, 0.15) is 24.8 Å². The van der Waals surface area contributed by atoms with Gasteiger partial charge in [0.15, 0.2) is 11.6 Å². The molecule has 3 aromatic rings. The van der Waals surface area contributed by atoms with Crippen LogP contribution in [-0.4, -0.2) is 30.5 Å². The highest BCUT2D eigenvalue weighted by molar-refractivity contribution is 9.10. The van der Waals surface area contributed by atoms with Crippen LogP contribution in [0.15, 0.2) is 34.8 Å². The number of fused-ring (bicyclic) bond motifs is 1. The molecule has 0 saturated carbocycles. The number of methoxy groups -OCH3 is 1. The van der Waals surface area contributed by atoms with Gasteiger partial charge in [0.25, 0.3) is 0 Å². The third-order valence-electron chi connectivity index (χ3n) is 3.27. The minimum atomic E-state index is -0.781.